The van der Waals surface area contributed by atoms with Gasteiger partial charge >= 0.3 is 0 Å². The zero-order chi connectivity index (χ0) is 11.2. The molecule has 0 atom stereocenters. The highest BCUT2D eigenvalue weighted by molar-refractivity contribution is 5.31. The van der Waals surface area contributed by atoms with Gasteiger partial charge in [-0.15, -0.1) is 0 Å². The maximum absolute atomic E-state index is 5.71. The Hall–Kier alpha value is -1.87. The molecule has 0 saturated heterocycles. The van der Waals surface area contributed by atoms with Gasteiger partial charge in [-0.3, -0.25) is 0 Å². The zero-order valence-corrected chi connectivity index (χ0v) is 9.18. The summed E-state index contributed by atoms with van der Waals surface area (Å²) < 4.78 is 5.71. The van der Waals surface area contributed by atoms with Crippen molar-refractivity contribution >= 4 is 0 Å². The summed E-state index contributed by atoms with van der Waals surface area (Å²) in [7, 11) is 1.90. The lowest BCUT2D eigenvalue weighted by Gasteiger charge is -2.08. The molecule has 0 spiro atoms. The number of aromatic nitrogens is 1. The van der Waals surface area contributed by atoms with Crippen LogP contribution in [0.1, 0.15) is 5.56 Å². The molecular formula is C13H14N2O. The monoisotopic (exact) mass is 214 g/mol. The van der Waals surface area contributed by atoms with E-state index in [0.29, 0.717) is 5.88 Å². The van der Waals surface area contributed by atoms with Gasteiger partial charge in [-0.2, -0.15) is 0 Å². The summed E-state index contributed by atoms with van der Waals surface area (Å²) in [6.07, 6.45) is 1.73. The first-order valence-corrected chi connectivity index (χ1v) is 5.21. The van der Waals surface area contributed by atoms with Gasteiger partial charge in [0.2, 0.25) is 5.88 Å². The van der Waals surface area contributed by atoms with Crippen LogP contribution >= 0.6 is 0 Å². The molecule has 0 aliphatic rings. The molecule has 0 unspecified atom stereocenters. The van der Waals surface area contributed by atoms with Crippen LogP contribution in [-0.2, 0) is 6.54 Å². The molecule has 1 aromatic heterocycles. The molecule has 1 aromatic carbocycles. The van der Waals surface area contributed by atoms with E-state index in [1.54, 1.807) is 6.20 Å². The fraction of sp³-hybridized carbons (Fsp3) is 0.154. The van der Waals surface area contributed by atoms with Crippen molar-refractivity contribution in [2.75, 3.05) is 7.05 Å². The van der Waals surface area contributed by atoms with E-state index in [9.17, 15) is 0 Å². The van der Waals surface area contributed by atoms with Crippen LogP contribution in [-0.4, -0.2) is 12.0 Å². The predicted molar refractivity (Wildman–Crippen MR) is 63.5 cm³/mol. The van der Waals surface area contributed by atoms with E-state index in [1.807, 2.05) is 49.5 Å². The first kappa shape index (κ1) is 10.6. The van der Waals surface area contributed by atoms with Crippen LogP contribution in [0.5, 0.6) is 11.6 Å². The molecule has 0 amide bonds. The minimum atomic E-state index is 0.656. The largest absolute Gasteiger partial charge is 0.439 e. The van der Waals surface area contributed by atoms with Crippen molar-refractivity contribution in [2.24, 2.45) is 0 Å². The Morgan fingerprint density at radius 3 is 2.69 bits per heavy atom. The van der Waals surface area contributed by atoms with E-state index in [4.69, 9.17) is 4.74 Å². The lowest BCUT2D eigenvalue weighted by atomic mass is 10.2. The minimum absolute atomic E-state index is 0.656. The first-order valence-electron chi connectivity index (χ1n) is 5.21. The molecule has 0 aliphatic heterocycles. The van der Waals surface area contributed by atoms with Gasteiger partial charge in [0.1, 0.15) is 5.75 Å². The SMILES string of the molecule is CNCc1cccnc1Oc1ccccc1. The van der Waals surface area contributed by atoms with Gasteiger partial charge in [0.15, 0.2) is 0 Å². The van der Waals surface area contributed by atoms with Gasteiger partial charge < -0.3 is 10.1 Å². The van der Waals surface area contributed by atoms with E-state index in [0.717, 1.165) is 17.9 Å². The van der Waals surface area contributed by atoms with Gasteiger partial charge in [0.05, 0.1) is 0 Å². The summed E-state index contributed by atoms with van der Waals surface area (Å²) in [5, 5.41) is 3.09. The predicted octanol–water partition coefficient (Wildman–Crippen LogP) is 2.59. The van der Waals surface area contributed by atoms with Crippen molar-refractivity contribution < 1.29 is 4.74 Å². The Morgan fingerprint density at radius 2 is 1.94 bits per heavy atom. The number of ether oxygens (including phenoxy) is 1. The lowest BCUT2D eigenvalue weighted by molar-refractivity contribution is 0.454. The summed E-state index contributed by atoms with van der Waals surface area (Å²) in [5.74, 6) is 1.46. The van der Waals surface area contributed by atoms with E-state index in [-0.39, 0.29) is 0 Å². The minimum Gasteiger partial charge on any atom is -0.439 e. The Balaban J connectivity index is 2.21. The van der Waals surface area contributed by atoms with Gasteiger partial charge in [-0.05, 0) is 25.2 Å². The van der Waals surface area contributed by atoms with Crippen LogP contribution in [0.4, 0.5) is 0 Å². The molecule has 0 bridgehead atoms. The lowest BCUT2D eigenvalue weighted by Crippen LogP contribution is -2.07. The van der Waals surface area contributed by atoms with Crippen LogP contribution in [0.15, 0.2) is 48.7 Å². The Bertz CT molecular complexity index is 443. The van der Waals surface area contributed by atoms with Crippen molar-refractivity contribution in [2.45, 2.75) is 6.54 Å². The van der Waals surface area contributed by atoms with Crippen LogP contribution in [0.3, 0.4) is 0 Å². The van der Waals surface area contributed by atoms with Crippen molar-refractivity contribution in [3.8, 4) is 11.6 Å². The first-order chi connectivity index (χ1) is 7.90. The van der Waals surface area contributed by atoms with E-state index < -0.39 is 0 Å². The molecule has 1 N–H and O–H groups in total. The maximum Gasteiger partial charge on any atom is 0.223 e. The molecule has 0 radical (unpaired) electrons. The number of para-hydroxylation sites is 1. The van der Waals surface area contributed by atoms with E-state index in [1.165, 1.54) is 0 Å². The highest BCUT2D eigenvalue weighted by atomic mass is 16.5. The number of nitrogens with zero attached hydrogens (tertiary/aromatic N) is 1. The second-order valence-corrected chi connectivity index (χ2v) is 3.41. The van der Waals surface area contributed by atoms with Gasteiger partial charge in [0, 0.05) is 18.3 Å². The topological polar surface area (TPSA) is 34.2 Å². The molecule has 3 nitrogen and oxygen atoms in total. The summed E-state index contributed by atoms with van der Waals surface area (Å²) in [6.45, 7) is 0.746. The maximum atomic E-state index is 5.71. The van der Waals surface area contributed by atoms with Crippen molar-refractivity contribution in [3.63, 3.8) is 0 Å². The van der Waals surface area contributed by atoms with Gasteiger partial charge in [0.25, 0.3) is 0 Å². The highest BCUT2D eigenvalue weighted by Crippen LogP contribution is 2.21. The Labute approximate surface area is 95.1 Å². The smallest absolute Gasteiger partial charge is 0.223 e. The van der Waals surface area contributed by atoms with E-state index in [2.05, 4.69) is 10.3 Å². The third kappa shape index (κ3) is 2.58. The number of hydrogen-bond acceptors (Lipinski definition) is 3. The summed E-state index contributed by atoms with van der Waals surface area (Å²) >= 11 is 0. The van der Waals surface area contributed by atoms with Crippen molar-refractivity contribution in [1.82, 2.24) is 10.3 Å². The average molecular weight is 214 g/mol. The summed E-state index contributed by atoms with van der Waals surface area (Å²) in [5.41, 5.74) is 1.05. The molecule has 2 aromatic rings. The van der Waals surface area contributed by atoms with Crippen LogP contribution in [0.25, 0.3) is 0 Å². The number of hydrogen-bond donors (Lipinski definition) is 1. The standard InChI is InChI=1S/C13H14N2O/c1-14-10-11-6-5-9-15-13(11)16-12-7-3-2-4-8-12/h2-9,14H,10H2,1H3. The number of pyridine rings is 1. The second-order valence-electron chi connectivity index (χ2n) is 3.41. The third-order valence-corrected chi connectivity index (χ3v) is 2.17. The third-order valence-electron chi connectivity index (χ3n) is 2.17. The fourth-order valence-corrected chi connectivity index (χ4v) is 1.44. The molecule has 0 fully saturated rings. The summed E-state index contributed by atoms with van der Waals surface area (Å²) in [6, 6.07) is 13.6. The Morgan fingerprint density at radius 1 is 1.12 bits per heavy atom. The molecule has 0 aliphatic carbocycles. The van der Waals surface area contributed by atoms with Crippen molar-refractivity contribution in [1.29, 1.82) is 0 Å². The summed E-state index contributed by atoms with van der Waals surface area (Å²) in [4.78, 5) is 4.23. The number of benzene rings is 1. The quantitative estimate of drug-likeness (QED) is 0.849. The van der Waals surface area contributed by atoms with Gasteiger partial charge in [-0.25, -0.2) is 4.98 Å². The molecule has 0 saturated carbocycles. The molecule has 1 heterocycles. The molecule has 2 rings (SSSR count). The molecular weight excluding hydrogens is 200 g/mol. The Kier molecular flexibility index (Phi) is 3.51. The molecule has 3 heteroatoms. The normalized spacial score (nSPS) is 10.1. The molecule has 82 valence electrons. The van der Waals surface area contributed by atoms with Crippen LogP contribution < -0.4 is 10.1 Å². The van der Waals surface area contributed by atoms with Crippen LogP contribution in [0.2, 0.25) is 0 Å². The fourth-order valence-electron chi connectivity index (χ4n) is 1.44. The van der Waals surface area contributed by atoms with Gasteiger partial charge in [-0.1, -0.05) is 24.3 Å². The highest BCUT2D eigenvalue weighted by Gasteiger charge is 2.04. The molecule has 16 heavy (non-hydrogen) atoms. The average Bonchev–Trinajstić information content (AvgIpc) is 2.33. The number of nitrogens with one attached hydrogen (secondary N) is 1. The van der Waals surface area contributed by atoms with Crippen LogP contribution in [0, 0.1) is 0 Å². The zero-order valence-electron chi connectivity index (χ0n) is 9.18. The number of rotatable bonds is 4. The van der Waals surface area contributed by atoms with E-state index >= 15 is 0 Å². The second kappa shape index (κ2) is 5.28. The van der Waals surface area contributed by atoms with Crippen molar-refractivity contribution in [3.05, 3.63) is 54.2 Å².